The minimum absolute atomic E-state index is 0.554. The summed E-state index contributed by atoms with van der Waals surface area (Å²) in [5, 5.41) is 7.28. The second-order valence-corrected chi connectivity index (χ2v) is 7.28. The predicted octanol–water partition coefficient (Wildman–Crippen LogP) is 2.96. The number of carbonyl (C=O) groups is 1. The van der Waals surface area contributed by atoms with E-state index in [0.29, 0.717) is 24.2 Å². The lowest BCUT2D eigenvalue weighted by Gasteiger charge is -2.29. The van der Waals surface area contributed by atoms with Gasteiger partial charge in [0.15, 0.2) is 0 Å². The van der Waals surface area contributed by atoms with Gasteiger partial charge in [-0.2, -0.15) is 5.10 Å². The second kappa shape index (κ2) is 9.50. The summed E-state index contributed by atoms with van der Waals surface area (Å²) in [4.78, 5) is 20.0. The van der Waals surface area contributed by atoms with Crippen LogP contribution in [-0.2, 0) is 4.79 Å². The van der Waals surface area contributed by atoms with Crippen LogP contribution in [0.4, 0.5) is 5.82 Å². The van der Waals surface area contributed by atoms with E-state index in [2.05, 4.69) is 27.0 Å². The van der Waals surface area contributed by atoms with Crippen LogP contribution < -0.4 is 9.64 Å². The molecular formula is C20H29N5O2. The third-order valence-electron chi connectivity index (χ3n) is 5.12. The number of amides is 1. The lowest BCUT2D eigenvalue weighted by molar-refractivity contribution is -0.107. The standard InChI is InChI=1S/C20H29N5O2/c1-16(14-24-9-4-3-5-10-24)8-11-25(15-26)19-12-18(22-23-19)17-6-7-20(27-2)21-13-17/h6-7,12-13,15-16H,3-5,8-11,14H2,1-2H3,(H,22,23). The maximum absolute atomic E-state index is 11.6. The van der Waals surface area contributed by atoms with Crippen LogP contribution in [0.1, 0.15) is 32.6 Å². The molecule has 146 valence electrons. The highest BCUT2D eigenvalue weighted by molar-refractivity contribution is 5.75. The van der Waals surface area contributed by atoms with E-state index in [1.165, 1.54) is 32.4 Å². The molecule has 3 rings (SSSR count). The van der Waals surface area contributed by atoms with Crippen LogP contribution >= 0.6 is 0 Å². The molecule has 0 spiro atoms. The molecule has 0 bridgehead atoms. The summed E-state index contributed by atoms with van der Waals surface area (Å²) in [6, 6.07) is 5.58. The zero-order chi connectivity index (χ0) is 19.1. The van der Waals surface area contributed by atoms with E-state index in [1.807, 2.05) is 12.1 Å². The zero-order valence-electron chi connectivity index (χ0n) is 16.2. The van der Waals surface area contributed by atoms with Gasteiger partial charge in [-0.25, -0.2) is 4.98 Å². The van der Waals surface area contributed by atoms with Gasteiger partial charge in [0.05, 0.1) is 12.8 Å². The van der Waals surface area contributed by atoms with Gasteiger partial charge in [0.1, 0.15) is 5.82 Å². The normalized spacial score (nSPS) is 16.1. The summed E-state index contributed by atoms with van der Waals surface area (Å²) in [7, 11) is 1.59. The summed E-state index contributed by atoms with van der Waals surface area (Å²) in [6.45, 7) is 6.47. The number of piperidine rings is 1. The number of hydrogen-bond acceptors (Lipinski definition) is 5. The first-order valence-corrected chi connectivity index (χ1v) is 9.69. The van der Waals surface area contributed by atoms with Gasteiger partial charge >= 0.3 is 0 Å². The molecule has 1 aliphatic heterocycles. The first-order valence-electron chi connectivity index (χ1n) is 9.69. The van der Waals surface area contributed by atoms with Gasteiger partial charge in [0.25, 0.3) is 0 Å². The van der Waals surface area contributed by atoms with Gasteiger partial charge in [-0.15, -0.1) is 0 Å². The van der Waals surface area contributed by atoms with E-state index in [0.717, 1.165) is 30.6 Å². The molecule has 1 N–H and O–H groups in total. The highest BCUT2D eigenvalue weighted by atomic mass is 16.5. The Hall–Kier alpha value is -2.41. The smallest absolute Gasteiger partial charge is 0.215 e. The Morgan fingerprint density at radius 2 is 2.15 bits per heavy atom. The number of carbonyl (C=O) groups excluding carboxylic acids is 1. The molecular weight excluding hydrogens is 342 g/mol. The van der Waals surface area contributed by atoms with Crippen molar-refractivity contribution in [3.8, 4) is 17.1 Å². The summed E-state index contributed by atoms with van der Waals surface area (Å²) < 4.78 is 5.08. The van der Waals surface area contributed by atoms with Crippen LogP contribution in [0.25, 0.3) is 11.3 Å². The molecule has 2 aromatic rings. The van der Waals surface area contributed by atoms with E-state index in [-0.39, 0.29) is 0 Å². The number of anilines is 1. The minimum Gasteiger partial charge on any atom is -0.481 e. The van der Waals surface area contributed by atoms with Gasteiger partial charge in [0, 0.05) is 37.0 Å². The van der Waals surface area contributed by atoms with Crippen LogP contribution in [0, 0.1) is 5.92 Å². The van der Waals surface area contributed by atoms with Crippen molar-refractivity contribution in [3.63, 3.8) is 0 Å². The minimum atomic E-state index is 0.554. The van der Waals surface area contributed by atoms with Gasteiger partial charge in [0.2, 0.25) is 12.3 Å². The Balaban J connectivity index is 1.55. The van der Waals surface area contributed by atoms with E-state index < -0.39 is 0 Å². The summed E-state index contributed by atoms with van der Waals surface area (Å²) in [5.41, 5.74) is 1.64. The van der Waals surface area contributed by atoms with Crippen LogP contribution in [-0.4, -0.2) is 59.8 Å². The molecule has 7 nitrogen and oxygen atoms in total. The Labute approximate surface area is 160 Å². The fourth-order valence-corrected chi connectivity index (χ4v) is 3.52. The quantitative estimate of drug-likeness (QED) is 0.686. The lowest BCUT2D eigenvalue weighted by Crippen LogP contribution is -2.34. The molecule has 1 fully saturated rings. The van der Waals surface area contributed by atoms with Crippen LogP contribution in [0.2, 0.25) is 0 Å². The third-order valence-corrected chi connectivity index (χ3v) is 5.12. The van der Waals surface area contributed by atoms with E-state index in [4.69, 9.17) is 4.74 Å². The molecule has 1 unspecified atom stereocenters. The molecule has 3 heterocycles. The number of pyridine rings is 1. The summed E-state index contributed by atoms with van der Waals surface area (Å²) >= 11 is 0. The topological polar surface area (TPSA) is 74.3 Å². The van der Waals surface area contributed by atoms with Crippen LogP contribution in [0.5, 0.6) is 5.88 Å². The van der Waals surface area contributed by atoms with Crippen molar-refractivity contribution in [1.82, 2.24) is 20.1 Å². The number of ether oxygens (including phenoxy) is 1. The molecule has 0 aliphatic carbocycles. The summed E-state index contributed by atoms with van der Waals surface area (Å²) in [6.07, 6.45) is 7.53. The van der Waals surface area contributed by atoms with Crippen LogP contribution in [0.15, 0.2) is 24.4 Å². The molecule has 0 radical (unpaired) electrons. The van der Waals surface area contributed by atoms with Gasteiger partial charge in [-0.3, -0.25) is 14.8 Å². The monoisotopic (exact) mass is 371 g/mol. The number of likely N-dealkylation sites (tertiary alicyclic amines) is 1. The van der Waals surface area contributed by atoms with Gasteiger partial charge in [-0.05, 0) is 44.3 Å². The first-order chi connectivity index (χ1) is 13.2. The van der Waals surface area contributed by atoms with Crippen molar-refractivity contribution >= 4 is 12.2 Å². The molecule has 0 aromatic carbocycles. The number of H-pyrrole nitrogens is 1. The molecule has 7 heteroatoms. The molecule has 1 aliphatic rings. The zero-order valence-corrected chi connectivity index (χ0v) is 16.2. The number of nitrogens with one attached hydrogen (secondary N) is 1. The number of hydrogen-bond donors (Lipinski definition) is 1. The van der Waals surface area contributed by atoms with Crippen molar-refractivity contribution in [3.05, 3.63) is 24.4 Å². The van der Waals surface area contributed by atoms with Crippen LogP contribution in [0.3, 0.4) is 0 Å². The molecule has 1 atom stereocenters. The van der Waals surface area contributed by atoms with Crippen molar-refractivity contribution in [2.45, 2.75) is 32.6 Å². The Morgan fingerprint density at radius 3 is 2.81 bits per heavy atom. The highest BCUT2D eigenvalue weighted by Crippen LogP contribution is 2.23. The number of nitrogens with zero attached hydrogens (tertiary/aromatic N) is 4. The average Bonchev–Trinajstić information content (AvgIpc) is 3.19. The molecule has 1 amide bonds. The van der Waals surface area contributed by atoms with Crippen molar-refractivity contribution in [2.75, 3.05) is 38.2 Å². The number of aromatic amines is 1. The predicted molar refractivity (Wildman–Crippen MR) is 106 cm³/mol. The maximum atomic E-state index is 11.6. The van der Waals surface area contributed by atoms with Crippen molar-refractivity contribution in [1.29, 1.82) is 0 Å². The summed E-state index contributed by atoms with van der Waals surface area (Å²) in [5.74, 6) is 1.83. The molecule has 0 saturated carbocycles. The SMILES string of the molecule is COc1ccc(-c2cc(N(C=O)CCC(C)CN3CCCCC3)[nH]n2)cn1. The third kappa shape index (κ3) is 5.29. The Morgan fingerprint density at radius 1 is 1.33 bits per heavy atom. The van der Waals surface area contributed by atoms with E-state index in [9.17, 15) is 4.79 Å². The first kappa shape index (κ1) is 19.4. The number of rotatable bonds is 9. The van der Waals surface area contributed by atoms with Gasteiger partial charge in [-0.1, -0.05) is 13.3 Å². The molecule has 1 saturated heterocycles. The second-order valence-electron chi connectivity index (χ2n) is 7.28. The van der Waals surface area contributed by atoms with Crippen molar-refractivity contribution < 1.29 is 9.53 Å². The number of methoxy groups -OCH3 is 1. The molecule has 2 aromatic heterocycles. The lowest BCUT2D eigenvalue weighted by atomic mass is 10.0. The fourth-order valence-electron chi connectivity index (χ4n) is 3.52. The highest BCUT2D eigenvalue weighted by Gasteiger charge is 2.16. The number of aromatic nitrogens is 3. The maximum Gasteiger partial charge on any atom is 0.215 e. The Kier molecular flexibility index (Phi) is 6.81. The van der Waals surface area contributed by atoms with Gasteiger partial charge < -0.3 is 9.64 Å². The Bertz CT molecular complexity index is 709. The average molecular weight is 371 g/mol. The van der Waals surface area contributed by atoms with E-state index >= 15 is 0 Å². The largest absolute Gasteiger partial charge is 0.481 e. The van der Waals surface area contributed by atoms with Crippen molar-refractivity contribution in [2.24, 2.45) is 5.92 Å². The fraction of sp³-hybridized carbons (Fsp3) is 0.550. The molecule has 27 heavy (non-hydrogen) atoms. The van der Waals surface area contributed by atoms with E-state index in [1.54, 1.807) is 24.3 Å².